The van der Waals surface area contributed by atoms with E-state index in [0.29, 0.717) is 6.04 Å². The van der Waals surface area contributed by atoms with Crippen molar-refractivity contribution in [3.8, 4) is 0 Å². The Kier molecular flexibility index (Phi) is 3.68. The van der Waals surface area contributed by atoms with Crippen LogP contribution in [-0.4, -0.2) is 28.5 Å². The van der Waals surface area contributed by atoms with E-state index < -0.39 is 0 Å². The number of nitrogens with two attached hydrogens (primary N) is 1. The highest BCUT2D eigenvalue weighted by Gasteiger charge is 2.38. The van der Waals surface area contributed by atoms with Crippen LogP contribution in [0.25, 0.3) is 0 Å². The van der Waals surface area contributed by atoms with E-state index in [2.05, 4.69) is 31.9 Å². The van der Waals surface area contributed by atoms with Gasteiger partial charge in [-0.15, -0.1) is 0 Å². The van der Waals surface area contributed by atoms with E-state index in [-0.39, 0.29) is 6.04 Å². The molecule has 18 heavy (non-hydrogen) atoms. The molecule has 4 heteroatoms. The summed E-state index contributed by atoms with van der Waals surface area (Å²) in [5, 5.41) is 0. The summed E-state index contributed by atoms with van der Waals surface area (Å²) in [5.41, 5.74) is 7.70. The van der Waals surface area contributed by atoms with Crippen LogP contribution in [0.3, 0.4) is 0 Å². The fourth-order valence-electron chi connectivity index (χ4n) is 3.06. The van der Waals surface area contributed by atoms with Gasteiger partial charge in [-0.1, -0.05) is 6.42 Å². The Morgan fingerprint density at radius 2 is 2.06 bits per heavy atom. The van der Waals surface area contributed by atoms with E-state index in [1.165, 1.54) is 37.8 Å². The van der Waals surface area contributed by atoms with Crippen LogP contribution in [0.15, 0.2) is 22.9 Å². The van der Waals surface area contributed by atoms with Gasteiger partial charge in [0.2, 0.25) is 0 Å². The summed E-state index contributed by atoms with van der Waals surface area (Å²) in [7, 11) is 0. The lowest BCUT2D eigenvalue weighted by molar-refractivity contribution is 0.175. The molecule has 2 atom stereocenters. The van der Waals surface area contributed by atoms with Crippen LogP contribution in [0.2, 0.25) is 0 Å². The summed E-state index contributed by atoms with van der Waals surface area (Å²) >= 11 is 3.52. The zero-order chi connectivity index (χ0) is 12.5. The number of nitrogens with zero attached hydrogens (tertiary/aromatic N) is 2. The molecule has 1 aromatic heterocycles. The molecule has 0 radical (unpaired) electrons. The molecule has 2 aliphatic rings. The van der Waals surface area contributed by atoms with Crippen molar-refractivity contribution in [2.24, 2.45) is 5.73 Å². The van der Waals surface area contributed by atoms with Crippen LogP contribution in [0, 0.1) is 0 Å². The first-order valence-corrected chi connectivity index (χ1v) is 7.67. The first-order chi connectivity index (χ1) is 8.75. The van der Waals surface area contributed by atoms with Crippen molar-refractivity contribution in [1.82, 2.24) is 9.88 Å². The zero-order valence-corrected chi connectivity index (χ0v) is 12.1. The second-order valence-electron chi connectivity index (χ2n) is 5.51. The van der Waals surface area contributed by atoms with Crippen molar-refractivity contribution in [2.45, 2.75) is 50.2 Å². The molecule has 1 aliphatic heterocycles. The molecule has 0 aromatic carbocycles. The zero-order valence-electron chi connectivity index (χ0n) is 10.6. The van der Waals surface area contributed by atoms with Crippen LogP contribution < -0.4 is 5.73 Å². The number of hydrogen-bond acceptors (Lipinski definition) is 3. The first-order valence-electron chi connectivity index (χ1n) is 6.87. The summed E-state index contributed by atoms with van der Waals surface area (Å²) < 4.78 is 1.05. The number of aromatic nitrogens is 1. The monoisotopic (exact) mass is 309 g/mol. The van der Waals surface area contributed by atoms with Gasteiger partial charge in [0.1, 0.15) is 0 Å². The van der Waals surface area contributed by atoms with E-state index in [9.17, 15) is 0 Å². The van der Waals surface area contributed by atoms with Crippen LogP contribution in [0.1, 0.15) is 43.7 Å². The molecule has 0 spiro atoms. The van der Waals surface area contributed by atoms with Gasteiger partial charge in [-0.25, -0.2) is 0 Å². The van der Waals surface area contributed by atoms with Crippen molar-refractivity contribution in [2.75, 3.05) is 6.54 Å². The molecule has 0 bridgehead atoms. The van der Waals surface area contributed by atoms with Gasteiger partial charge >= 0.3 is 0 Å². The third-order valence-electron chi connectivity index (χ3n) is 4.05. The molecular formula is C14H20BrN3. The van der Waals surface area contributed by atoms with Crippen molar-refractivity contribution in [1.29, 1.82) is 0 Å². The summed E-state index contributed by atoms with van der Waals surface area (Å²) in [5.74, 6) is 0. The Balaban J connectivity index is 1.92. The average molecular weight is 310 g/mol. The fraction of sp³-hybridized carbons (Fsp3) is 0.643. The van der Waals surface area contributed by atoms with Gasteiger partial charge in [0.25, 0.3) is 0 Å². The molecule has 2 heterocycles. The minimum atomic E-state index is 0.240. The van der Waals surface area contributed by atoms with E-state index in [4.69, 9.17) is 5.73 Å². The lowest BCUT2D eigenvalue weighted by Gasteiger charge is -2.33. The number of hydrogen-bond donors (Lipinski definition) is 1. The van der Waals surface area contributed by atoms with Gasteiger partial charge in [-0.2, -0.15) is 0 Å². The van der Waals surface area contributed by atoms with Crippen molar-refractivity contribution in [3.05, 3.63) is 28.5 Å². The second kappa shape index (κ2) is 5.27. The third kappa shape index (κ3) is 2.60. The van der Waals surface area contributed by atoms with Gasteiger partial charge in [0.15, 0.2) is 0 Å². The smallest absolute Gasteiger partial charge is 0.0517 e. The van der Waals surface area contributed by atoms with Gasteiger partial charge < -0.3 is 5.73 Å². The van der Waals surface area contributed by atoms with E-state index in [1.54, 1.807) is 0 Å². The first kappa shape index (κ1) is 12.6. The number of halogens is 1. The predicted molar refractivity (Wildman–Crippen MR) is 76.2 cm³/mol. The molecule has 0 amide bonds. The quantitative estimate of drug-likeness (QED) is 0.913. The molecule has 1 saturated carbocycles. The Bertz CT molecular complexity index is 419. The maximum Gasteiger partial charge on any atom is 0.0517 e. The summed E-state index contributed by atoms with van der Waals surface area (Å²) in [4.78, 5) is 6.94. The van der Waals surface area contributed by atoms with Crippen molar-refractivity contribution in [3.63, 3.8) is 0 Å². The Labute approximate surface area is 117 Å². The lowest BCUT2D eigenvalue weighted by atomic mass is 9.97. The molecule has 1 aliphatic carbocycles. The van der Waals surface area contributed by atoms with Gasteiger partial charge in [0, 0.05) is 29.0 Å². The van der Waals surface area contributed by atoms with Crippen molar-refractivity contribution < 1.29 is 0 Å². The lowest BCUT2D eigenvalue weighted by Crippen LogP contribution is -2.41. The van der Waals surface area contributed by atoms with Crippen LogP contribution in [-0.2, 0) is 0 Å². The van der Waals surface area contributed by atoms with Crippen molar-refractivity contribution >= 4 is 15.9 Å². The number of pyridine rings is 1. The van der Waals surface area contributed by atoms with E-state index >= 15 is 0 Å². The highest BCUT2D eigenvalue weighted by atomic mass is 79.9. The SMILES string of the molecule is NC1CCCCN(C2CC2)C1c1cncc(Br)c1. The molecular weight excluding hydrogens is 290 g/mol. The summed E-state index contributed by atoms with van der Waals surface area (Å²) in [6.07, 6.45) is 10.2. The minimum absolute atomic E-state index is 0.240. The van der Waals surface area contributed by atoms with Gasteiger partial charge in [-0.05, 0) is 59.8 Å². The standard InChI is InChI=1S/C14H20BrN3/c15-11-7-10(8-17-9-11)14-13(16)3-1-2-6-18(14)12-4-5-12/h7-9,12-14H,1-6,16H2. The number of rotatable bonds is 2. The van der Waals surface area contributed by atoms with Crippen LogP contribution in [0.5, 0.6) is 0 Å². The molecule has 2 N–H and O–H groups in total. The highest BCUT2D eigenvalue weighted by Crippen LogP contribution is 2.38. The van der Waals surface area contributed by atoms with E-state index in [1.807, 2.05) is 12.4 Å². The largest absolute Gasteiger partial charge is 0.326 e. The topological polar surface area (TPSA) is 42.1 Å². The normalized spacial score (nSPS) is 30.1. The Morgan fingerprint density at radius 1 is 1.22 bits per heavy atom. The summed E-state index contributed by atoms with van der Waals surface area (Å²) in [6, 6.07) is 3.53. The minimum Gasteiger partial charge on any atom is -0.326 e. The van der Waals surface area contributed by atoms with Gasteiger partial charge in [0.05, 0.1) is 6.04 Å². The molecule has 3 rings (SSSR count). The van der Waals surface area contributed by atoms with Crippen LogP contribution in [0.4, 0.5) is 0 Å². The average Bonchev–Trinajstić information content (AvgIpc) is 3.15. The third-order valence-corrected chi connectivity index (χ3v) is 4.48. The van der Waals surface area contributed by atoms with Crippen LogP contribution >= 0.6 is 15.9 Å². The molecule has 3 nitrogen and oxygen atoms in total. The maximum absolute atomic E-state index is 6.43. The van der Waals surface area contributed by atoms with Gasteiger partial charge in [-0.3, -0.25) is 9.88 Å². The molecule has 98 valence electrons. The Hall–Kier alpha value is -0.450. The summed E-state index contributed by atoms with van der Waals surface area (Å²) in [6.45, 7) is 1.19. The second-order valence-corrected chi connectivity index (χ2v) is 6.43. The Morgan fingerprint density at radius 3 is 2.78 bits per heavy atom. The molecule has 1 saturated heterocycles. The van der Waals surface area contributed by atoms with E-state index in [0.717, 1.165) is 16.9 Å². The molecule has 1 aromatic rings. The maximum atomic E-state index is 6.43. The molecule has 2 fully saturated rings. The fourth-order valence-corrected chi connectivity index (χ4v) is 3.44. The predicted octanol–water partition coefficient (Wildman–Crippen LogP) is 2.86. The number of likely N-dealkylation sites (tertiary alicyclic amines) is 1. The molecule has 2 unspecified atom stereocenters. The highest BCUT2D eigenvalue weighted by molar-refractivity contribution is 9.10.